The molecule has 1 aliphatic heterocycles. The van der Waals surface area contributed by atoms with Crippen LogP contribution in [0.15, 0.2) is 42.5 Å². The van der Waals surface area contributed by atoms with Crippen molar-refractivity contribution in [2.24, 2.45) is 0 Å². The molecule has 9 heteroatoms. The highest BCUT2D eigenvalue weighted by molar-refractivity contribution is 6.06. The average molecular weight is 463 g/mol. The molecule has 0 saturated heterocycles. The van der Waals surface area contributed by atoms with Crippen molar-refractivity contribution < 1.29 is 19.2 Å². The number of pyridine rings is 1. The molecule has 0 radical (unpaired) electrons. The smallest absolute Gasteiger partial charge is 0.339 e. The van der Waals surface area contributed by atoms with E-state index in [1.807, 2.05) is 24.3 Å². The number of anilines is 1. The van der Waals surface area contributed by atoms with Gasteiger partial charge in [-0.2, -0.15) is 0 Å². The van der Waals surface area contributed by atoms with Crippen LogP contribution in [0, 0.1) is 17.0 Å². The minimum atomic E-state index is -1.11. The quantitative estimate of drug-likeness (QED) is 0.334. The number of nitro benzene ring substituents is 1. The van der Waals surface area contributed by atoms with Crippen LogP contribution in [0.1, 0.15) is 41.0 Å². The second-order valence-electron chi connectivity index (χ2n) is 8.34. The highest BCUT2D eigenvalue weighted by atomic mass is 16.6. The molecule has 176 valence electrons. The molecule has 1 N–H and O–H groups in total. The van der Waals surface area contributed by atoms with Crippen LogP contribution < -0.4 is 5.32 Å². The Bertz CT molecular complexity index is 1290. The third-order valence-corrected chi connectivity index (χ3v) is 6.12. The number of carbonyl (C=O) groups excluding carboxylic acids is 2. The first-order valence-electron chi connectivity index (χ1n) is 11.2. The Kier molecular flexibility index (Phi) is 6.56. The van der Waals surface area contributed by atoms with Crippen molar-refractivity contribution >= 4 is 34.2 Å². The molecule has 1 amide bonds. The minimum Gasteiger partial charge on any atom is -0.449 e. The number of hydrogen-bond acceptors (Lipinski definition) is 7. The Morgan fingerprint density at radius 2 is 2.03 bits per heavy atom. The molecule has 2 aromatic carbocycles. The lowest BCUT2D eigenvalue weighted by molar-refractivity contribution is -0.384. The summed E-state index contributed by atoms with van der Waals surface area (Å²) in [5.41, 5.74) is 3.67. The highest BCUT2D eigenvalue weighted by Crippen LogP contribution is 2.29. The number of amides is 1. The second kappa shape index (κ2) is 9.56. The fraction of sp³-hybridized carbons (Fsp3) is 0.320. The largest absolute Gasteiger partial charge is 0.449 e. The third kappa shape index (κ3) is 4.60. The van der Waals surface area contributed by atoms with Gasteiger partial charge in [0.15, 0.2) is 6.10 Å². The van der Waals surface area contributed by atoms with Crippen LogP contribution in [-0.4, -0.2) is 45.9 Å². The van der Waals surface area contributed by atoms with Gasteiger partial charge in [0.1, 0.15) is 0 Å². The maximum atomic E-state index is 13.4. The van der Waals surface area contributed by atoms with Crippen LogP contribution >= 0.6 is 0 Å². The van der Waals surface area contributed by atoms with Gasteiger partial charge in [0.05, 0.1) is 21.7 Å². The molecule has 4 rings (SSSR count). The molecule has 0 aliphatic carbocycles. The van der Waals surface area contributed by atoms with Crippen LogP contribution in [-0.2, 0) is 22.5 Å². The third-order valence-electron chi connectivity index (χ3n) is 6.12. The molecule has 2 heterocycles. The molecule has 1 atom stereocenters. The Balaban J connectivity index is 1.60. The molecule has 0 bridgehead atoms. The fourth-order valence-corrected chi connectivity index (χ4v) is 4.11. The maximum Gasteiger partial charge on any atom is 0.339 e. The van der Waals surface area contributed by atoms with E-state index in [0.717, 1.165) is 30.8 Å². The normalized spacial score (nSPS) is 14.3. The Labute approximate surface area is 196 Å². The van der Waals surface area contributed by atoms with Gasteiger partial charge in [0.25, 0.3) is 11.6 Å². The monoisotopic (exact) mass is 462 g/mol. The number of aromatic nitrogens is 1. The van der Waals surface area contributed by atoms with E-state index in [1.54, 1.807) is 13.0 Å². The number of esters is 1. The number of para-hydroxylation sites is 1. The number of non-ortho nitro benzene ring substituents is 1. The van der Waals surface area contributed by atoms with E-state index in [1.165, 1.54) is 19.1 Å². The van der Waals surface area contributed by atoms with E-state index in [2.05, 4.69) is 17.1 Å². The Morgan fingerprint density at radius 1 is 1.26 bits per heavy atom. The topological polar surface area (TPSA) is 115 Å². The van der Waals surface area contributed by atoms with Crippen LogP contribution in [0.25, 0.3) is 10.9 Å². The number of nitrogens with zero attached hydrogens (tertiary/aromatic N) is 3. The summed E-state index contributed by atoms with van der Waals surface area (Å²) in [6, 6.07) is 11.6. The number of ether oxygens (including phenoxy) is 1. The van der Waals surface area contributed by atoms with Gasteiger partial charge < -0.3 is 10.1 Å². The highest BCUT2D eigenvalue weighted by Gasteiger charge is 2.28. The first kappa shape index (κ1) is 23.3. The summed E-state index contributed by atoms with van der Waals surface area (Å²) in [5.74, 6) is -1.16. The predicted molar refractivity (Wildman–Crippen MR) is 128 cm³/mol. The van der Waals surface area contributed by atoms with Crippen molar-refractivity contribution in [1.82, 2.24) is 9.88 Å². The van der Waals surface area contributed by atoms with Gasteiger partial charge in [-0.25, -0.2) is 4.79 Å². The number of aryl methyl sites for hydroxylation is 1. The van der Waals surface area contributed by atoms with Crippen molar-refractivity contribution in [3.63, 3.8) is 0 Å². The van der Waals surface area contributed by atoms with E-state index >= 15 is 0 Å². The van der Waals surface area contributed by atoms with Crippen LogP contribution in [0.5, 0.6) is 0 Å². The first-order chi connectivity index (χ1) is 16.3. The number of benzene rings is 2. The van der Waals surface area contributed by atoms with E-state index in [0.29, 0.717) is 34.3 Å². The standard InChI is InChI=1S/C25H26N4O5/c1-4-28-12-11-21-19(14-28)23(18-7-5-6-8-20(18)26-21)25(31)34-16(3)24(30)27-22-13-17(29(32)33)10-9-15(22)2/h5-10,13,16H,4,11-12,14H2,1-3H3,(H,27,30). The van der Waals surface area contributed by atoms with Crippen LogP contribution in [0.4, 0.5) is 11.4 Å². The number of rotatable bonds is 6. The van der Waals surface area contributed by atoms with E-state index in [9.17, 15) is 19.7 Å². The minimum absolute atomic E-state index is 0.138. The summed E-state index contributed by atoms with van der Waals surface area (Å²) in [7, 11) is 0. The lowest BCUT2D eigenvalue weighted by Gasteiger charge is -2.29. The van der Waals surface area contributed by atoms with Crippen molar-refractivity contribution in [2.75, 3.05) is 18.4 Å². The van der Waals surface area contributed by atoms with Crippen molar-refractivity contribution in [1.29, 1.82) is 0 Å². The summed E-state index contributed by atoms with van der Waals surface area (Å²) in [5, 5.41) is 14.4. The second-order valence-corrected chi connectivity index (χ2v) is 8.34. The summed E-state index contributed by atoms with van der Waals surface area (Å²) in [6.45, 7) is 7.58. The molecular formula is C25H26N4O5. The summed E-state index contributed by atoms with van der Waals surface area (Å²) in [6.07, 6.45) is -0.379. The molecule has 0 saturated carbocycles. The zero-order valence-corrected chi connectivity index (χ0v) is 19.3. The molecule has 0 fully saturated rings. The number of hydrogen-bond donors (Lipinski definition) is 1. The summed E-state index contributed by atoms with van der Waals surface area (Å²) in [4.78, 5) is 43.7. The summed E-state index contributed by atoms with van der Waals surface area (Å²) < 4.78 is 5.60. The van der Waals surface area contributed by atoms with Gasteiger partial charge in [0.2, 0.25) is 0 Å². The van der Waals surface area contributed by atoms with Gasteiger partial charge in [0, 0.05) is 48.3 Å². The van der Waals surface area contributed by atoms with Gasteiger partial charge in [-0.05, 0) is 32.0 Å². The molecule has 1 unspecified atom stereocenters. The van der Waals surface area contributed by atoms with Crippen LogP contribution in [0.3, 0.4) is 0 Å². The molecule has 1 aliphatic rings. The average Bonchev–Trinajstić information content (AvgIpc) is 2.83. The van der Waals surface area contributed by atoms with Crippen LogP contribution in [0.2, 0.25) is 0 Å². The van der Waals surface area contributed by atoms with E-state index < -0.39 is 22.9 Å². The summed E-state index contributed by atoms with van der Waals surface area (Å²) >= 11 is 0. The number of fused-ring (bicyclic) bond motifs is 2. The van der Waals surface area contributed by atoms with E-state index in [4.69, 9.17) is 9.72 Å². The molecule has 3 aromatic rings. The number of nitro groups is 1. The predicted octanol–water partition coefficient (Wildman–Crippen LogP) is 4.01. The number of nitrogens with one attached hydrogen (secondary N) is 1. The Hall–Kier alpha value is -3.85. The van der Waals surface area contributed by atoms with Crippen molar-refractivity contribution in [3.8, 4) is 0 Å². The van der Waals surface area contributed by atoms with Gasteiger partial charge >= 0.3 is 5.97 Å². The fourth-order valence-electron chi connectivity index (χ4n) is 4.11. The van der Waals surface area contributed by atoms with Gasteiger partial charge in [-0.1, -0.05) is 31.2 Å². The first-order valence-corrected chi connectivity index (χ1v) is 11.2. The number of likely N-dealkylation sites (N-methyl/N-ethyl adjacent to an activating group) is 1. The number of carbonyl (C=O) groups is 2. The van der Waals surface area contributed by atoms with E-state index in [-0.39, 0.29) is 5.69 Å². The lowest BCUT2D eigenvalue weighted by atomic mass is 9.95. The zero-order chi connectivity index (χ0) is 24.4. The van der Waals surface area contributed by atoms with Crippen molar-refractivity contribution in [3.05, 3.63) is 75.0 Å². The molecular weight excluding hydrogens is 436 g/mol. The van der Waals surface area contributed by atoms with Gasteiger partial charge in [-0.3, -0.25) is 24.8 Å². The molecule has 1 aromatic heterocycles. The lowest BCUT2D eigenvalue weighted by Crippen LogP contribution is -2.34. The molecule has 9 nitrogen and oxygen atoms in total. The molecule has 34 heavy (non-hydrogen) atoms. The maximum absolute atomic E-state index is 13.4. The zero-order valence-electron chi connectivity index (χ0n) is 19.3. The van der Waals surface area contributed by atoms with Crippen molar-refractivity contribution in [2.45, 2.75) is 39.8 Å². The Morgan fingerprint density at radius 3 is 2.76 bits per heavy atom. The van der Waals surface area contributed by atoms with Gasteiger partial charge in [-0.15, -0.1) is 0 Å². The molecule has 0 spiro atoms. The SMILES string of the molecule is CCN1CCc2nc3ccccc3c(C(=O)OC(C)C(=O)Nc3cc([N+](=O)[O-])ccc3C)c2C1.